The fourth-order valence-electron chi connectivity index (χ4n) is 3.66. The first-order chi connectivity index (χ1) is 13.5. The van der Waals surface area contributed by atoms with Gasteiger partial charge in [-0.15, -0.1) is 0 Å². The van der Waals surface area contributed by atoms with Crippen LogP contribution in [0, 0.1) is 5.92 Å². The van der Waals surface area contributed by atoms with E-state index >= 15 is 0 Å². The SMILES string of the molecule is CC(C)NC(=O)Nc1ccc(C(=O)N2C[C@@H](CN)[C@H](c3ccccc3)C2)cc1. The topological polar surface area (TPSA) is 87.5 Å². The van der Waals surface area contributed by atoms with E-state index in [2.05, 4.69) is 22.8 Å². The van der Waals surface area contributed by atoms with Crippen LogP contribution < -0.4 is 16.4 Å². The molecule has 1 aliphatic heterocycles. The van der Waals surface area contributed by atoms with Gasteiger partial charge in [-0.1, -0.05) is 30.3 Å². The minimum atomic E-state index is -0.259. The van der Waals surface area contributed by atoms with E-state index < -0.39 is 0 Å². The van der Waals surface area contributed by atoms with Gasteiger partial charge in [-0.25, -0.2) is 4.79 Å². The Morgan fingerprint density at radius 2 is 1.75 bits per heavy atom. The number of carbonyl (C=O) groups is 2. The molecule has 2 aromatic rings. The highest BCUT2D eigenvalue weighted by Gasteiger charge is 2.35. The Labute approximate surface area is 166 Å². The lowest BCUT2D eigenvalue weighted by Gasteiger charge is -2.17. The molecular formula is C22H28N4O2. The third kappa shape index (κ3) is 4.70. The molecule has 0 saturated carbocycles. The minimum absolute atomic E-state index is 0.00457. The number of rotatable bonds is 5. The van der Waals surface area contributed by atoms with Crippen molar-refractivity contribution in [3.05, 3.63) is 65.7 Å². The van der Waals surface area contributed by atoms with Gasteiger partial charge in [-0.2, -0.15) is 0 Å². The van der Waals surface area contributed by atoms with Crippen molar-refractivity contribution < 1.29 is 9.59 Å². The van der Waals surface area contributed by atoms with Crippen LogP contribution in [0.4, 0.5) is 10.5 Å². The number of benzene rings is 2. The normalized spacial score (nSPS) is 18.9. The summed E-state index contributed by atoms with van der Waals surface area (Å²) < 4.78 is 0. The summed E-state index contributed by atoms with van der Waals surface area (Å²) in [6.45, 7) is 5.67. The van der Waals surface area contributed by atoms with E-state index in [0.29, 0.717) is 30.9 Å². The average molecular weight is 380 g/mol. The molecule has 3 amide bonds. The van der Waals surface area contributed by atoms with Gasteiger partial charge in [0.05, 0.1) is 0 Å². The minimum Gasteiger partial charge on any atom is -0.338 e. The Balaban J connectivity index is 1.66. The molecule has 0 radical (unpaired) electrons. The van der Waals surface area contributed by atoms with Gasteiger partial charge in [0.2, 0.25) is 0 Å². The highest BCUT2D eigenvalue weighted by Crippen LogP contribution is 2.32. The van der Waals surface area contributed by atoms with E-state index in [9.17, 15) is 9.59 Å². The zero-order valence-corrected chi connectivity index (χ0v) is 16.4. The molecule has 0 unspecified atom stereocenters. The molecular weight excluding hydrogens is 352 g/mol. The number of nitrogens with zero attached hydrogens (tertiary/aromatic N) is 1. The predicted molar refractivity (Wildman–Crippen MR) is 111 cm³/mol. The number of nitrogens with two attached hydrogens (primary N) is 1. The maximum absolute atomic E-state index is 12.9. The molecule has 6 nitrogen and oxygen atoms in total. The summed E-state index contributed by atoms with van der Waals surface area (Å²) in [5, 5.41) is 5.53. The monoisotopic (exact) mass is 380 g/mol. The van der Waals surface area contributed by atoms with E-state index in [1.807, 2.05) is 36.9 Å². The quantitative estimate of drug-likeness (QED) is 0.745. The molecule has 28 heavy (non-hydrogen) atoms. The fraction of sp³-hybridized carbons (Fsp3) is 0.364. The third-order valence-corrected chi connectivity index (χ3v) is 5.07. The summed E-state index contributed by atoms with van der Waals surface area (Å²) in [4.78, 5) is 26.6. The molecule has 6 heteroatoms. The van der Waals surface area contributed by atoms with Crippen molar-refractivity contribution in [2.45, 2.75) is 25.8 Å². The maximum atomic E-state index is 12.9. The van der Waals surface area contributed by atoms with Crippen molar-refractivity contribution in [3.63, 3.8) is 0 Å². The molecule has 0 spiro atoms. The van der Waals surface area contributed by atoms with Gasteiger partial charge >= 0.3 is 6.03 Å². The highest BCUT2D eigenvalue weighted by atomic mass is 16.2. The van der Waals surface area contributed by atoms with Crippen LogP contribution >= 0.6 is 0 Å². The maximum Gasteiger partial charge on any atom is 0.319 e. The molecule has 1 saturated heterocycles. The van der Waals surface area contributed by atoms with Crippen molar-refractivity contribution >= 4 is 17.6 Å². The molecule has 2 atom stereocenters. The lowest BCUT2D eigenvalue weighted by Crippen LogP contribution is -2.34. The van der Waals surface area contributed by atoms with Gasteiger partial charge in [-0.3, -0.25) is 4.79 Å². The zero-order chi connectivity index (χ0) is 20.1. The number of likely N-dealkylation sites (tertiary alicyclic amines) is 1. The van der Waals surface area contributed by atoms with E-state index in [4.69, 9.17) is 5.73 Å². The lowest BCUT2D eigenvalue weighted by molar-refractivity contribution is 0.0786. The molecule has 0 aliphatic carbocycles. The van der Waals surface area contributed by atoms with E-state index in [1.165, 1.54) is 5.56 Å². The van der Waals surface area contributed by atoms with Crippen molar-refractivity contribution in [3.8, 4) is 0 Å². The summed E-state index contributed by atoms with van der Waals surface area (Å²) in [7, 11) is 0. The van der Waals surface area contributed by atoms with Gasteiger partial charge in [0.15, 0.2) is 0 Å². The molecule has 1 aliphatic rings. The third-order valence-electron chi connectivity index (χ3n) is 5.07. The molecule has 3 rings (SSSR count). The van der Waals surface area contributed by atoms with Crippen LogP contribution in [-0.4, -0.2) is 42.5 Å². The lowest BCUT2D eigenvalue weighted by atomic mass is 9.89. The summed E-state index contributed by atoms with van der Waals surface area (Å²) in [6.07, 6.45) is 0. The van der Waals surface area contributed by atoms with Crippen LogP contribution in [0.3, 0.4) is 0 Å². The number of urea groups is 1. The molecule has 1 heterocycles. The van der Waals surface area contributed by atoms with Crippen LogP contribution in [0.15, 0.2) is 54.6 Å². The molecule has 1 fully saturated rings. The smallest absolute Gasteiger partial charge is 0.319 e. The molecule has 0 bridgehead atoms. The number of hydrogen-bond acceptors (Lipinski definition) is 3. The van der Waals surface area contributed by atoms with E-state index in [0.717, 1.165) is 0 Å². The Morgan fingerprint density at radius 3 is 2.36 bits per heavy atom. The van der Waals surface area contributed by atoms with Crippen LogP contribution in [0.5, 0.6) is 0 Å². The predicted octanol–water partition coefficient (Wildman–Crippen LogP) is 3.03. The van der Waals surface area contributed by atoms with E-state index in [-0.39, 0.29) is 29.8 Å². The van der Waals surface area contributed by atoms with Crippen molar-refractivity contribution in [1.82, 2.24) is 10.2 Å². The number of hydrogen-bond donors (Lipinski definition) is 3. The van der Waals surface area contributed by atoms with Crippen LogP contribution in [0.2, 0.25) is 0 Å². The Hall–Kier alpha value is -2.86. The first-order valence-electron chi connectivity index (χ1n) is 9.69. The van der Waals surface area contributed by atoms with Crippen LogP contribution in [0.25, 0.3) is 0 Å². The van der Waals surface area contributed by atoms with Gasteiger partial charge in [-0.05, 0) is 56.1 Å². The van der Waals surface area contributed by atoms with Gasteiger partial charge < -0.3 is 21.3 Å². The van der Waals surface area contributed by atoms with Gasteiger partial charge in [0.1, 0.15) is 0 Å². The number of amides is 3. The molecule has 148 valence electrons. The number of nitrogens with one attached hydrogen (secondary N) is 2. The second-order valence-electron chi connectivity index (χ2n) is 7.55. The number of anilines is 1. The summed E-state index contributed by atoms with van der Waals surface area (Å²) >= 11 is 0. The van der Waals surface area contributed by atoms with Gasteiger partial charge in [0.25, 0.3) is 5.91 Å². The molecule has 0 aromatic heterocycles. The summed E-state index contributed by atoms with van der Waals surface area (Å²) in [6, 6.07) is 17.0. The molecule has 4 N–H and O–H groups in total. The first kappa shape index (κ1) is 19.9. The standard InChI is InChI=1S/C22H28N4O2/c1-15(2)24-22(28)25-19-10-8-17(9-11-19)21(27)26-13-18(12-23)20(14-26)16-6-4-3-5-7-16/h3-11,15,18,20H,12-14,23H2,1-2H3,(H2,24,25,28)/t18-,20+/m1/s1. The van der Waals surface area contributed by atoms with Crippen molar-refractivity contribution in [1.29, 1.82) is 0 Å². The summed E-state index contributed by atoms with van der Waals surface area (Å²) in [5.74, 6) is 0.512. The Morgan fingerprint density at radius 1 is 1.07 bits per heavy atom. The second kappa shape index (κ2) is 8.89. The van der Waals surface area contributed by atoms with Crippen LogP contribution in [0.1, 0.15) is 35.7 Å². The van der Waals surface area contributed by atoms with Crippen molar-refractivity contribution in [2.75, 3.05) is 25.0 Å². The Bertz CT molecular complexity index is 805. The van der Waals surface area contributed by atoms with Gasteiger partial charge in [0, 0.05) is 36.3 Å². The van der Waals surface area contributed by atoms with Crippen molar-refractivity contribution in [2.24, 2.45) is 11.7 Å². The Kier molecular flexibility index (Phi) is 6.31. The van der Waals surface area contributed by atoms with E-state index in [1.54, 1.807) is 24.3 Å². The number of carbonyl (C=O) groups excluding carboxylic acids is 2. The first-order valence-corrected chi connectivity index (χ1v) is 9.69. The average Bonchev–Trinajstić information content (AvgIpc) is 3.12. The van der Waals surface area contributed by atoms with Crippen LogP contribution in [-0.2, 0) is 0 Å². The summed E-state index contributed by atoms with van der Waals surface area (Å²) in [5.41, 5.74) is 8.47. The fourth-order valence-corrected chi connectivity index (χ4v) is 3.66. The second-order valence-corrected chi connectivity index (χ2v) is 7.55. The largest absolute Gasteiger partial charge is 0.338 e. The zero-order valence-electron chi connectivity index (χ0n) is 16.4. The molecule has 2 aromatic carbocycles. The highest BCUT2D eigenvalue weighted by molar-refractivity contribution is 5.95.